The number of esters is 1. The summed E-state index contributed by atoms with van der Waals surface area (Å²) in [5.41, 5.74) is 0.0240. The van der Waals surface area contributed by atoms with E-state index >= 15 is 0 Å². The van der Waals surface area contributed by atoms with Gasteiger partial charge in [0.05, 0.1) is 6.42 Å². The maximum atomic E-state index is 12.3. The number of urea groups is 1. The van der Waals surface area contributed by atoms with Crippen LogP contribution in [0.1, 0.15) is 58.8 Å². The molecule has 7 heteroatoms. The smallest absolute Gasteiger partial charge is 0.321 e. The van der Waals surface area contributed by atoms with Gasteiger partial charge in [0.2, 0.25) is 0 Å². The second-order valence-electron chi connectivity index (χ2n) is 8.63. The largest absolute Gasteiger partial charge is 0.456 e. The Balaban J connectivity index is 1.47. The lowest BCUT2D eigenvalue weighted by Gasteiger charge is -2.60. The van der Waals surface area contributed by atoms with Gasteiger partial charge in [-0.1, -0.05) is 15.9 Å². The molecule has 2 N–H and O–H groups in total. The number of hydrogen-bond donors (Lipinski definition) is 2. The van der Waals surface area contributed by atoms with Gasteiger partial charge < -0.3 is 10.1 Å². The van der Waals surface area contributed by atoms with Crippen molar-refractivity contribution < 1.29 is 19.1 Å². The minimum Gasteiger partial charge on any atom is -0.456 e. The molecule has 4 fully saturated rings. The SMILES string of the molecule is CC(C)NC(=O)NC(=O)COC(=O)CC12C[C@@H]3C[C@@H](CC(Br)(C3)C1)C2. The predicted molar refractivity (Wildman–Crippen MR) is 96.2 cm³/mol. The van der Waals surface area contributed by atoms with Crippen LogP contribution in [-0.4, -0.2) is 34.9 Å². The maximum Gasteiger partial charge on any atom is 0.321 e. The lowest BCUT2D eigenvalue weighted by atomic mass is 9.49. The van der Waals surface area contributed by atoms with Crippen LogP contribution in [0.15, 0.2) is 0 Å². The van der Waals surface area contributed by atoms with Crippen molar-refractivity contribution in [3.63, 3.8) is 0 Å². The van der Waals surface area contributed by atoms with Crippen molar-refractivity contribution in [3.8, 4) is 0 Å². The molecule has 0 radical (unpaired) electrons. The van der Waals surface area contributed by atoms with E-state index in [1.807, 2.05) is 0 Å². The van der Waals surface area contributed by atoms with Gasteiger partial charge in [0.1, 0.15) is 0 Å². The number of ether oxygens (including phenoxy) is 1. The second-order valence-corrected chi connectivity index (χ2v) is 10.3. The number of carbonyl (C=O) groups excluding carboxylic acids is 3. The van der Waals surface area contributed by atoms with E-state index in [1.54, 1.807) is 13.8 Å². The molecule has 0 aliphatic heterocycles. The summed E-state index contributed by atoms with van der Waals surface area (Å²) < 4.78 is 5.33. The topological polar surface area (TPSA) is 84.5 Å². The van der Waals surface area contributed by atoms with E-state index in [0.717, 1.165) is 19.3 Å². The highest BCUT2D eigenvalue weighted by atomic mass is 79.9. The van der Waals surface area contributed by atoms with Gasteiger partial charge in [-0.05, 0) is 69.6 Å². The normalized spacial score (nSPS) is 35.5. The number of nitrogens with one attached hydrogen (secondary N) is 2. The third-order valence-electron chi connectivity index (χ3n) is 5.67. The van der Waals surface area contributed by atoms with Crippen molar-refractivity contribution in [2.24, 2.45) is 17.3 Å². The molecule has 0 saturated heterocycles. The zero-order valence-corrected chi connectivity index (χ0v) is 16.5. The first-order valence-corrected chi connectivity index (χ1v) is 9.91. The van der Waals surface area contributed by atoms with Crippen LogP contribution in [0.4, 0.5) is 4.79 Å². The van der Waals surface area contributed by atoms with Crippen LogP contribution in [-0.2, 0) is 14.3 Å². The Kier molecular flexibility index (Phi) is 5.15. The van der Waals surface area contributed by atoms with Crippen LogP contribution >= 0.6 is 15.9 Å². The van der Waals surface area contributed by atoms with Crippen molar-refractivity contribution in [3.05, 3.63) is 0 Å². The predicted octanol–water partition coefficient (Wildman–Crippen LogP) is 2.89. The molecule has 4 rings (SSSR count). The third kappa shape index (κ3) is 4.54. The lowest BCUT2D eigenvalue weighted by Crippen LogP contribution is -2.53. The van der Waals surface area contributed by atoms with E-state index in [0.29, 0.717) is 18.3 Å². The van der Waals surface area contributed by atoms with Gasteiger partial charge in [-0.3, -0.25) is 14.9 Å². The summed E-state index contributed by atoms with van der Waals surface area (Å²) in [6, 6.07) is -0.638. The first-order valence-electron chi connectivity index (χ1n) is 9.12. The summed E-state index contributed by atoms with van der Waals surface area (Å²) in [6.45, 7) is 3.19. The molecule has 6 nitrogen and oxygen atoms in total. The highest BCUT2D eigenvalue weighted by molar-refractivity contribution is 9.10. The summed E-state index contributed by atoms with van der Waals surface area (Å²) in [4.78, 5) is 35.4. The van der Waals surface area contributed by atoms with Crippen LogP contribution in [0.5, 0.6) is 0 Å². The minimum atomic E-state index is -0.603. The molecule has 0 heterocycles. The number of hydrogen-bond acceptors (Lipinski definition) is 4. The van der Waals surface area contributed by atoms with E-state index in [1.165, 1.54) is 19.3 Å². The molecule has 4 saturated carbocycles. The highest BCUT2D eigenvalue weighted by Crippen LogP contribution is 2.65. The molecule has 0 aromatic heterocycles. The number of amides is 3. The lowest BCUT2D eigenvalue weighted by molar-refractivity contribution is -0.154. The summed E-state index contributed by atoms with van der Waals surface area (Å²) in [7, 11) is 0. The van der Waals surface area contributed by atoms with Crippen molar-refractivity contribution in [2.45, 2.75) is 69.2 Å². The van der Waals surface area contributed by atoms with Crippen LogP contribution in [0, 0.1) is 17.3 Å². The number of alkyl halides is 1. The molecular formula is C18H27BrN2O4. The first kappa shape index (κ1) is 18.7. The molecule has 4 bridgehead atoms. The van der Waals surface area contributed by atoms with E-state index in [9.17, 15) is 14.4 Å². The van der Waals surface area contributed by atoms with Crippen molar-refractivity contribution >= 4 is 33.8 Å². The highest BCUT2D eigenvalue weighted by Gasteiger charge is 2.57. The summed E-state index contributed by atoms with van der Waals surface area (Å²) in [5, 5.41) is 4.71. The van der Waals surface area contributed by atoms with Crippen molar-refractivity contribution in [1.29, 1.82) is 0 Å². The Labute approximate surface area is 156 Å². The van der Waals surface area contributed by atoms with Crippen LogP contribution in [0.3, 0.4) is 0 Å². The van der Waals surface area contributed by atoms with E-state index in [4.69, 9.17) is 4.74 Å². The Hall–Kier alpha value is -1.11. The van der Waals surface area contributed by atoms with Gasteiger partial charge in [0.15, 0.2) is 6.61 Å². The molecular weight excluding hydrogens is 388 g/mol. The van der Waals surface area contributed by atoms with Crippen LogP contribution < -0.4 is 10.6 Å². The van der Waals surface area contributed by atoms with E-state index in [2.05, 4.69) is 26.6 Å². The standard InChI is InChI=1S/C18H27BrN2O4/c1-11(2)20-16(24)21-14(22)9-25-15(23)8-17-4-12-3-13(5-17)7-18(19,6-12)10-17/h11-13H,3-10H2,1-2H3,(H2,20,21,22,24)/t12-,13+,17?,18?. The monoisotopic (exact) mass is 414 g/mol. The number of halogens is 1. The zero-order chi connectivity index (χ0) is 18.2. The average Bonchev–Trinajstić information content (AvgIpc) is 2.40. The van der Waals surface area contributed by atoms with Crippen molar-refractivity contribution in [2.75, 3.05) is 6.61 Å². The molecule has 4 atom stereocenters. The quantitative estimate of drug-likeness (QED) is 0.534. The van der Waals surface area contributed by atoms with Gasteiger partial charge in [0, 0.05) is 10.4 Å². The Morgan fingerprint density at radius 1 is 1.16 bits per heavy atom. The fourth-order valence-corrected chi connectivity index (χ4v) is 7.02. The van der Waals surface area contributed by atoms with Crippen LogP contribution in [0.25, 0.3) is 0 Å². The Bertz CT molecular complexity index is 563. The molecule has 2 unspecified atom stereocenters. The molecule has 4 aliphatic rings. The number of carbonyl (C=O) groups is 3. The molecule has 25 heavy (non-hydrogen) atoms. The minimum absolute atomic E-state index is 0.0240. The molecule has 140 valence electrons. The fourth-order valence-electron chi connectivity index (χ4n) is 5.51. The van der Waals surface area contributed by atoms with Gasteiger partial charge in [-0.15, -0.1) is 0 Å². The molecule has 0 spiro atoms. The Morgan fingerprint density at radius 2 is 1.80 bits per heavy atom. The van der Waals surface area contributed by atoms with E-state index < -0.39 is 18.5 Å². The maximum absolute atomic E-state index is 12.3. The first-order chi connectivity index (χ1) is 11.7. The van der Waals surface area contributed by atoms with Gasteiger partial charge >= 0.3 is 12.0 Å². The average molecular weight is 415 g/mol. The molecule has 0 aromatic carbocycles. The van der Waals surface area contributed by atoms with Crippen LogP contribution in [0.2, 0.25) is 0 Å². The van der Waals surface area contributed by atoms with Crippen molar-refractivity contribution in [1.82, 2.24) is 10.6 Å². The molecule has 0 aromatic rings. The van der Waals surface area contributed by atoms with Gasteiger partial charge in [-0.25, -0.2) is 4.79 Å². The third-order valence-corrected chi connectivity index (χ3v) is 6.60. The number of rotatable bonds is 5. The zero-order valence-electron chi connectivity index (χ0n) is 14.9. The van der Waals surface area contributed by atoms with Gasteiger partial charge in [0.25, 0.3) is 5.91 Å². The summed E-state index contributed by atoms with van der Waals surface area (Å²) in [5.74, 6) is 0.472. The Morgan fingerprint density at radius 3 is 2.36 bits per heavy atom. The summed E-state index contributed by atoms with van der Waals surface area (Å²) in [6.07, 6.45) is 7.30. The van der Waals surface area contributed by atoms with E-state index in [-0.39, 0.29) is 21.8 Å². The number of imide groups is 1. The van der Waals surface area contributed by atoms with Gasteiger partial charge in [-0.2, -0.15) is 0 Å². The molecule has 3 amide bonds. The second kappa shape index (κ2) is 6.89. The summed E-state index contributed by atoms with van der Waals surface area (Å²) >= 11 is 3.93. The fraction of sp³-hybridized carbons (Fsp3) is 0.833. The molecule has 4 aliphatic carbocycles.